The number of hydrogen-bond acceptors (Lipinski definition) is 4. The van der Waals surface area contributed by atoms with Crippen molar-refractivity contribution in [1.29, 1.82) is 0 Å². The van der Waals surface area contributed by atoms with Crippen LogP contribution in [-0.4, -0.2) is 18.4 Å². The number of carbonyl (C=O) groups is 2. The highest BCUT2D eigenvalue weighted by Gasteiger charge is 2.12. The second-order valence-corrected chi connectivity index (χ2v) is 6.03. The van der Waals surface area contributed by atoms with Crippen LogP contribution in [0, 0.1) is 5.82 Å². The summed E-state index contributed by atoms with van der Waals surface area (Å²) in [6.45, 7) is 0.318. The molecule has 3 rings (SSSR count). The minimum Gasteiger partial charge on any atom is -0.467 e. The van der Waals surface area contributed by atoms with Gasteiger partial charge in [0.15, 0.2) is 0 Å². The van der Waals surface area contributed by atoms with Gasteiger partial charge in [-0.1, -0.05) is 30.3 Å². The number of para-hydroxylation sites is 1. The van der Waals surface area contributed by atoms with Crippen molar-refractivity contribution >= 4 is 17.5 Å². The maximum atomic E-state index is 13.6. The number of nitrogens with one attached hydrogen (secondary N) is 3. The van der Waals surface area contributed by atoms with Gasteiger partial charge in [0.05, 0.1) is 24.9 Å². The third-order valence-electron chi connectivity index (χ3n) is 4.05. The Morgan fingerprint density at radius 3 is 2.46 bits per heavy atom. The Bertz CT molecular complexity index is 942. The van der Waals surface area contributed by atoms with Crippen LogP contribution in [0.5, 0.6) is 0 Å². The molecule has 0 fully saturated rings. The monoisotopic (exact) mass is 381 g/mol. The predicted octanol–water partition coefficient (Wildman–Crippen LogP) is 3.08. The predicted molar refractivity (Wildman–Crippen MR) is 103 cm³/mol. The molecule has 0 bridgehead atoms. The van der Waals surface area contributed by atoms with E-state index in [-0.39, 0.29) is 37.3 Å². The Morgan fingerprint density at radius 1 is 0.893 bits per heavy atom. The fraction of sp³-hybridized carbons (Fsp3) is 0.143. The van der Waals surface area contributed by atoms with E-state index in [4.69, 9.17) is 4.42 Å². The van der Waals surface area contributed by atoms with Crippen LogP contribution in [-0.2, 0) is 17.9 Å². The number of anilines is 1. The number of halogens is 1. The fourth-order valence-corrected chi connectivity index (χ4v) is 2.58. The van der Waals surface area contributed by atoms with E-state index in [0.717, 1.165) is 0 Å². The first-order valence-corrected chi connectivity index (χ1v) is 8.77. The molecule has 0 aliphatic carbocycles. The SMILES string of the molecule is O=C(CNc1ccccc1C(=O)NCc1ccco1)NCc1ccccc1F. The molecule has 0 unspecified atom stereocenters. The van der Waals surface area contributed by atoms with Crippen LogP contribution < -0.4 is 16.0 Å². The molecule has 0 aliphatic heterocycles. The Morgan fingerprint density at radius 2 is 1.68 bits per heavy atom. The van der Waals surface area contributed by atoms with Gasteiger partial charge >= 0.3 is 0 Å². The van der Waals surface area contributed by atoms with Crippen LogP contribution in [0.4, 0.5) is 10.1 Å². The summed E-state index contributed by atoms with van der Waals surface area (Å²) < 4.78 is 18.8. The van der Waals surface area contributed by atoms with E-state index in [1.54, 1.807) is 54.6 Å². The summed E-state index contributed by atoms with van der Waals surface area (Å²) >= 11 is 0. The van der Waals surface area contributed by atoms with E-state index in [0.29, 0.717) is 22.6 Å². The second kappa shape index (κ2) is 9.36. The summed E-state index contributed by atoms with van der Waals surface area (Å²) in [5.41, 5.74) is 1.35. The van der Waals surface area contributed by atoms with E-state index in [1.807, 2.05) is 0 Å². The molecule has 28 heavy (non-hydrogen) atoms. The van der Waals surface area contributed by atoms with Crippen molar-refractivity contribution in [3.8, 4) is 0 Å². The molecular formula is C21H20FN3O3. The number of hydrogen-bond donors (Lipinski definition) is 3. The second-order valence-electron chi connectivity index (χ2n) is 6.03. The molecule has 3 N–H and O–H groups in total. The number of rotatable bonds is 8. The summed E-state index contributed by atoms with van der Waals surface area (Å²) in [5.74, 6) is -0.319. The normalized spacial score (nSPS) is 10.3. The lowest BCUT2D eigenvalue weighted by Gasteiger charge is -2.12. The minimum atomic E-state index is -0.366. The summed E-state index contributed by atoms with van der Waals surface area (Å²) in [7, 11) is 0. The number of carbonyl (C=O) groups excluding carboxylic acids is 2. The molecule has 3 aromatic rings. The van der Waals surface area contributed by atoms with E-state index in [1.165, 1.54) is 12.3 Å². The molecule has 1 aromatic heterocycles. The molecule has 7 heteroatoms. The average Bonchev–Trinajstić information content (AvgIpc) is 3.24. The first-order chi connectivity index (χ1) is 13.6. The molecule has 0 atom stereocenters. The van der Waals surface area contributed by atoms with Crippen molar-refractivity contribution in [3.05, 3.63) is 89.6 Å². The molecule has 1 heterocycles. The van der Waals surface area contributed by atoms with Crippen molar-refractivity contribution in [3.63, 3.8) is 0 Å². The van der Waals surface area contributed by atoms with Gasteiger partial charge in [0, 0.05) is 17.8 Å². The van der Waals surface area contributed by atoms with Crippen LogP contribution in [0.1, 0.15) is 21.7 Å². The summed E-state index contributed by atoms with van der Waals surface area (Å²) in [4.78, 5) is 24.5. The van der Waals surface area contributed by atoms with E-state index in [2.05, 4.69) is 16.0 Å². The summed E-state index contributed by atoms with van der Waals surface area (Å²) in [6.07, 6.45) is 1.54. The average molecular weight is 381 g/mol. The van der Waals surface area contributed by atoms with Crippen molar-refractivity contribution in [2.24, 2.45) is 0 Å². The Hall–Kier alpha value is -3.61. The van der Waals surface area contributed by atoms with Gasteiger partial charge in [-0.3, -0.25) is 9.59 Å². The van der Waals surface area contributed by atoms with E-state index < -0.39 is 0 Å². The Kier molecular flexibility index (Phi) is 6.41. The van der Waals surface area contributed by atoms with E-state index in [9.17, 15) is 14.0 Å². The van der Waals surface area contributed by atoms with Crippen LogP contribution >= 0.6 is 0 Å². The van der Waals surface area contributed by atoms with Gasteiger partial charge in [-0.2, -0.15) is 0 Å². The van der Waals surface area contributed by atoms with Crippen LogP contribution in [0.25, 0.3) is 0 Å². The van der Waals surface area contributed by atoms with Gasteiger partial charge < -0.3 is 20.4 Å². The van der Waals surface area contributed by atoms with Crippen LogP contribution in [0.2, 0.25) is 0 Å². The topological polar surface area (TPSA) is 83.4 Å². The fourth-order valence-electron chi connectivity index (χ4n) is 2.58. The molecule has 0 radical (unpaired) electrons. The lowest BCUT2D eigenvalue weighted by Crippen LogP contribution is -2.30. The maximum absolute atomic E-state index is 13.6. The summed E-state index contributed by atoms with van der Waals surface area (Å²) in [6, 6.07) is 16.7. The van der Waals surface area contributed by atoms with Gasteiger partial charge in [0.1, 0.15) is 11.6 Å². The smallest absolute Gasteiger partial charge is 0.253 e. The number of benzene rings is 2. The maximum Gasteiger partial charge on any atom is 0.253 e. The lowest BCUT2D eigenvalue weighted by atomic mass is 10.1. The molecule has 0 saturated carbocycles. The summed E-state index contributed by atoms with van der Waals surface area (Å²) in [5, 5.41) is 8.36. The zero-order valence-corrected chi connectivity index (χ0v) is 15.1. The molecule has 6 nitrogen and oxygen atoms in total. The Labute approximate surface area is 161 Å². The van der Waals surface area contributed by atoms with Crippen molar-refractivity contribution < 1.29 is 18.4 Å². The van der Waals surface area contributed by atoms with Gasteiger partial charge in [0.25, 0.3) is 5.91 Å². The van der Waals surface area contributed by atoms with Gasteiger partial charge in [-0.15, -0.1) is 0 Å². The van der Waals surface area contributed by atoms with Crippen LogP contribution in [0.15, 0.2) is 71.3 Å². The highest BCUT2D eigenvalue weighted by atomic mass is 19.1. The first-order valence-electron chi connectivity index (χ1n) is 8.77. The zero-order valence-electron chi connectivity index (χ0n) is 15.1. The zero-order chi connectivity index (χ0) is 19.8. The van der Waals surface area contributed by atoms with Crippen molar-refractivity contribution in [2.45, 2.75) is 13.1 Å². The quantitative estimate of drug-likeness (QED) is 0.560. The number of amides is 2. The highest BCUT2D eigenvalue weighted by molar-refractivity contribution is 6.00. The number of furan rings is 1. The van der Waals surface area contributed by atoms with Gasteiger partial charge in [-0.25, -0.2) is 4.39 Å². The lowest BCUT2D eigenvalue weighted by molar-refractivity contribution is -0.119. The molecular weight excluding hydrogens is 361 g/mol. The molecule has 144 valence electrons. The van der Waals surface area contributed by atoms with Crippen molar-refractivity contribution in [2.75, 3.05) is 11.9 Å². The van der Waals surface area contributed by atoms with Gasteiger partial charge in [-0.05, 0) is 30.3 Å². The molecule has 0 saturated heterocycles. The van der Waals surface area contributed by atoms with E-state index >= 15 is 0 Å². The third-order valence-corrected chi connectivity index (χ3v) is 4.05. The molecule has 2 amide bonds. The minimum absolute atomic E-state index is 0.0447. The molecule has 0 aliphatic rings. The standard InChI is InChI=1S/C21H20FN3O3/c22-18-9-3-1-6-15(18)12-24-20(26)14-23-19-10-4-2-8-17(19)21(27)25-13-16-7-5-11-28-16/h1-11,23H,12-14H2,(H,24,26)(H,25,27). The largest absolute Gasteiger partial charge is 0.467 e. The molecule has 0 spiro atoms. The highest BCUT2D eigenvalue weighted by Crippen LogP contribution is 2.15. The Balaban J connectivity index is 1.53. The van der Waals surface area contributed by atoms with Gasteiger partial charge in [0.2, 0.25) is 5.91 Å². The van der Waals surface area contributed by atoms with Crippen LogP contribution in [0.3, 0.4) is 0 Å². The van der Waals surface area contributed by atoms with Crippen molar-refractivity contribution in [1.82, 2.24) is 10.6 Å². The first kappa shape index (κ1) is 19.2. The molecule has 2 aromatic carbocycles. The third kappa shape index (κ3) is 5.20.